The number of nitrogens with one attached hydrogen (secondary N) is 1. The van der Waals surface area contributed by atoms with Gasteiger partial charge in [-0.2, -0.15) is 4.94 Å². The number of carbonyl (C=O) groups excluding carboxylic acids is 1. The number of aliphatic hydroxyl groups is 1. The number of rotatable bonds is 5. The molecule has 0 aromatic carbocycles. The number of H-pyrrole nitrogens is 1. The van der Waals surface area contributed by atoms with E-state index in [2.05, 4.69) is 9.93 Å². The molecular formula is C13H18FNO5. The van der Waals surface area contributed by atoms with Crippen LogP contribution in [-0.4, -0.2) is 48.1 Å². The molecule has 1 aliphatic rings. The summed E-state index contributed by atoms with van der Waals surface area (Å²) in [5, 5.41) is 9.97. The van der Waals surface area contributed by atoms with Gasteiger partial charge in [0, 0.05) is 19.2 Å². The molecule has 112 valence electrons. The highest BCUT2D eigenvalue weighted by Crippen LogP contribution is 2.30. The van der Waals surface area contributed by atoms with Crippen LogP contribution < -0.4 is 0 Å². The van der Waals surface area contributed by atoms with Crippen molar-refractivity contribution >= 4 is 5.97 Å². The predicted octanol–water partition coefficient (Wildman–Crippen LogP) is 1.23. The summed E-state index contributed by atoms with van der Waals surface area (Å²) < 4.78 is 23.0. The van der Waals surface area contributed by atoms with Gasteiger partial charge in [-0.1, -0.05) is 0 Å². The van der Waals surface area contributed by atoms with E-state index in [0.717, 1.165) is 0 Å². The molecule has 0 radical (unpaired) electrons. The van der Waals surface area contributed by atoms with Gasteiger partial charge in [-0.25, -0.2) is 4.79 Å². The second kappa shape index (κ2) is 6.83. The van der Waals surface area contributed by atoms with Crippen LogP contribution in [0, 0.1) is 5.92 Å². The van der Waals surface area contributed by atoms with Gasteiger partial charge in [0.2, 0.25) is 0 Å². The monoisotopic (exact) mass is 287 g/mol. The third-order valence-electron chi connectivity index (χ3n) is 3.56. The van der Waals surface area contributed by atoms with E-state index < -0.39 is 30.2 Å². The number of aromatic amines is 1. The normalized spacial score (nSPS) is 30.1. The van der Waals surface area contributed by atoms with E-state index in [9.17, 15) is 14.4 Å². The summed E-state index contributed by atoms with van der Waals surface area (Å²) in [5.74, 6) is -1.13. The van der Waals surface area contributed by atoms with Crippen LogP contribution in [0.4, 0.5) is 4.53 Å². The van der Waals surface area contributed by atoms with Gasteiger partial charge >= 0.3 is 5.97 Å². The van der Waals surface area contributed by atoms with Crippen LogP contribution >= 0.6 is 0 Å². The molecule has 0 amide bonds. The molecule has 1 aromatic heterocycles. The summed E-state index contributed by atoms with van der Waals surface area (Å²) in [6.45, 7) is 0.156. The first-order valence-corrected chi connectivity index (χ1v) is 6.46. The molecule has 0 spiro atoms. The van der Waals surface area contributed by atoms with Gasteiger partial charge in [0.15, 0.2) is 0 Å². The Morgan fingerprint density at radius 2 is 2.35 bits per heavy atom. The number of esters is 1. The molecule has 1 saturated carbocycles. The first-order chi connectivity index (χ1) is 9.67. The van der Waals surface area contributed by atoms with E-state index in [1.165, 1.54) is 7.11 Å². The number of hydrogen-bond donors (Lipinski definition) is 2. The Bertz CT molecular complexity index is 424. The molecule has 6 nitrogen and oxygen atoms in total. The molecule has 1 heterocycles. The second-order valence-electron chi connectivity index (χ2n) is 4.85. The quantitative estimate of drug-likeness (QED) is 0.796. The van der Waals surface area contributed by atoms with Crippen LogP contribution in [0.2, 0.25) is 0 Å². The number of aliphatic hydroxyl groups excluding tert-OH is 1. The molecule has 0 aliphatic heterocycles. The van der Waals surface area contributed by atoms with Crippen molar-refractivity contribution in [2.75, 3.05) is 13.7 Å². The average Bonchev–Trinajstić information content (AvgIpc) is 2.97. The van der Waals surface area contributed by atoms with Crippen LogP contribution in [0.15, 0.2) is 18.3 Å². The SMILES string of the molecule is COC[C@H]1C(OC(=O)c2ccc[nH]2)[C@H](OF)CC[C@@H]1O. The topological polar surface area (TPSA) is 80.8 Å². The first kappa shape index (κ1) is 15.0. The van der Waals surface area contributed by atoms with E-state index >= 15 is 0 Å². The van der Waals surface area contributed by atoms with E-state index in [-0.39, 0.29) is 18.7 Å². The number of halogens is 1. The van der Waals surface area contributed by atoms with E-state index in [1.54, 1.807) is 18.3 Å². The lowest BCUT2D eigenvalue weighted by molar-refractivity contribution is -0.239. The van der Waals surface area contributed by atoms with Gasteiger partial charge in [0.05, 0.1) is 12.7 Å². The van der Waals surface area contributed by atoms with Gasteiger partial charge in [0.1, 0.15) is 17.9 Å². The zero-order valence-electron chi connectivity index (χ0n) is 11.1. The number of methoxy groups -OCH3 is 1. The molecule has 2 rings (SSSR count). The van der Waals surface area contributed by atoms with Gasteiger partial charge in [-0.15, -0.1) is 0 Å². The molecule has 7 heteroatoms. The molecule has 2 N–H and O–H groups in total. The summed E-state index contributed by atoms with van der Waals surface area (Å²) in [5.41, 5.74) is 0.263. The van der Waals surface area contributed by atoms with Gasteiger partial charge in [-0.05, 0) is 29.5 Å². The van der Waals surface area contributed by atoms with E-state index in [0.29, 0.717) is 6.42 Å². The molecule has 0 bridgehead atoms. The molecule has 1 unspecified atom stereocenters. The number of hydrogen-bond acceptors (Lipinski definition) is 5. The maximum absolute atomic E-state index is 12.6. The summed E-state index contributed by atoms with van der Waals surface area (Å²) in [6.07, 6.45) is -0.262. The minimum Gasteiger partial charge on any atom is -0.454 e. The van der Waals surface area contributed by atoms with Gasteiger partial charge in [-0.3, -0.25) is 0 Å². The minimum absolute atomic E-state index is 0.156. The average molecular weight is 287 g/mol. The van der Waals surface area contributed by atoms with Crippen molar-refractivity contribution in [1.82, 2.24) is 4.98 Å². The Kier molecular flexibility index (Phi) is 5.11. The highest BCUT2D eigenvalue weighted by molar-refractivity contribution is 5.87. The van der Waals surface area contributed by atoms with Crippen molar-refractivity contribution in [3.8, 4) is 0 Å². The Morgan fingerprint density at radius 1 is 1.55 bits per heavy atom. The van der Waals surface area contributed by atoms with E-state index in [1.807, 2.05) is 0 Å². The second-order valence-corrected chi connectivity index (χ2v) is 4.85. The molecular weight excluding hydrogens is 269 g/mol. The molecule has 4 atom stereocenters. The van der Waals surface area contributed by atoms with Gasteiger partial charge in [0.25, 0.3) is 0 Å². The highest BCUT2D eigenvalue weighted by atomic mass is 19.3. The Balaban J connectivity index is 2.11. The summed E-state index contributed by atoms with van der Waals surface area (Å²) in [7, 11) is 1.47. The smallest absolute Gasteiger partial charge is 0.355 e. The maximum Gasteiger partial charge on any atom is 0.355 e. The Morgan fingerprint density at radius 3 is 2.95 bits per heavy atom. The van der Waals surface area contributed by atoms with Crippen molar-refractivity contribution in [1.29, 1.82) is 0 Å². The fourth-order valence-corrected chi connectivity index (χ4v) is 2.51. The largest absolute Gasteiger partial charge is 0.454 e. The van der Waals surface area contributed by atoms with Crippen molar-refractivity contribution in [3.63, 3.8) is 0 Å². The summed E-state index contributed by atoms with van der Waals surface area (Å²) >= 11 is 0. The zero-order valence-corrected chi connectivity index (χ0v) is 11.1. The van der Waals surface area contributed by atoms with Crippen LogP contribution in [0.1, 0.15) is 23.3 Å². The summed E-state index contributed by atoms with van der Waals surface area (Å²) in [4.78, 5) is 18.5. The van der Waals surface area contributed by atoms with Crippen molar-refractivity contribution in [3.05, 3.63) is 24.0 Å². The fraction of sp³-hybridized carbons (Fsp3) is 0.615. The lowest BCUT2D eigenvalue weighted by atomic mass is 9.82. The number of ether oxygens (including phenoxy) is 2. The van der Waals surface area contributed by atoms with Crippen molar-refractivity contribution < 1.29 is 28.8 Å². The van der Waals surface area contributed by atoms with Crippen molar-refractivity contribution in [2.24, 2.45) is 5.92 Å². The summed E-state index contributed by atoms with van der Waals surface area (Å²) in [6, 6.07) is 3.21. The Hall–Kier alpha value is -1.44. The fourth-order valence-electron chi connectivity index (χ4n) is 2.51. The lowest BCUT2D eigenvalue weighted by Gasteiger charge is -2.37. The highest BCUT2D eigenvalue weighted by Gasteiger charge is 2.43. The van der Waals surface area contributed by atoms with Crippen LogP contribution in [0.5, 0.6) is 0 Å². The van der Waals surface area contributed by atoms with E-state index in [4.69, 9.17) is 9.47 Å². The minimum atomic E-state index is -0.891. The molecule has 1 fully saturated rings. The predicted molar refractivity (Wildman–Crippen MR) is 66.6 cm³/mol. The number of carbonyl (C=O) groups is 1. The molecule has 1 aromatic rings. The number of aromatic nitrogens is 1. The first-order valence-electron chi connectivity index (χ1n) is 6.46. The maximum atomic E-state index is 12.6. The van der Waals surface area contributed by atoms with Crippen LogP contribution in [-0.2, 0) is 14.4 Å². The molecule has 0 saturated heterocycles. The molecule has 20 heavy (non-hydrogen) atoms. The van der Waals surface area contributed by atoms with Crippen molar-refractivity contribution in [2.45, 2.75) is 31.2 Å². The third kappa shape index (κ3) is 3.17. The lowest BCUT2D eigenvalue weighted by Crippen LogP contribution is -2.49. The zero-order chi connectivity index (χ0) is 14.5. The standard InChI is InChI=1S/C13H18FNO5/c1-18-7-8-10(16)4-5-11(20-14)12(8)19-13(17)9-3-2-6-15-9/h2-3,6,8,10-12,15-16H,4-5,7H2,1H3/t8-,10+,11-,12?/m1/s1. The molecule has 1 aliphatic carbocycles. The Labute approximate surface area is 115 Å². The third-order valence-corrected chi connectivity index (χ3v) is 3.56. The van der Waals surface area contributed by atoms with Crippen LogP contribution in [0.3, 0.4) is 0 Å². The van der Waals surface area contributed by atoms with Crippen LogP contribution in [0.25, 0.3) is 0 Å². The van der Waals surface area contributed by atoms with Gasteiger partial charge < -0.3 is 19.6 Å².